The molecule has 1 amide bonds. The van der Waals surface area contributed by atoms with Gasteiger partial charge in [0.1, 0.15) is 0 Å². The lowest BCUT2D eigenvalue weighted by Gasteiger charge is -2.22. The summed E-state index contributed by atoms with van der Waals surface area (Å²) in [6.45, 7) is 4.41. The Kier molecular flexibility index (Phi) is 4.78. The predicted molar refractivity (Wildman–Crippen MR) is 70.1 cm³/mol. The van der Waals surface area contributed by atoms with Crippen LogP contribution in [-0.2, 0) is 11.3 Å². The molecule has 0 unspecified atom stereocenters. The van der Waals surface area contributed by atoms with Gasteiger partial charge in [-0.1, -0.05) is 44.2 Å². The summed E-state index contributed by atoms with van der Waals surface area (Å²) in [5.74, 6) is 2.62. The van der Waals surface area contributed by atoms with Gasteiger partial charge >= 0.3 is 0 Å². The lowest BCUT2D eigenvalue weighted by molar-refractivity contribution is -0.129. The van der Waals surface area contributed by atoms with Crippen molar-refractivity contribution in [1.29, 1.82) is 0 Å². The highest BCUT2D eigenvalue weighted by molar-refractivity contribution is 5.81. The molecule has 0 aromatic heterocycles. The fourth-order valence-corrected chi connectivity index (χ4v) is 1.52. The maximum absolute atomic E-state index is 12.0. The number of carbonyl (C=O) groups excluding carboxylic acids is 1. The largest absolute Gasteiger partial charge is 0.352 e. The molecular weight excluding hydrogens is 210 g/mol. The van der Waals surface area contributed by atoms with E-state index >= 15 is 0 Å². The smallest absolute Gasteiger partial charge is 0.225 e. The van der Waals surface area contributed by atoms with E-state index < -0.39 is 5.41 Å². The molecule has 0 heterocycles. The van der Waals surface area contributed by atoms with Crippen molar-refractivity contribution in [2.75, 3.05) is 0 Å². The van der Waals surface area contributed by atoms with Crippen LogP contribution in [0.25, 0.3) is 0 Å². The maximum Gasteiger partial charge on any atom is 0.225 e. The first-order chi connectivity index (χ1) is 8.06. The molecule has 0 spiro atoms. The molecule has 2 nitrogen and oxygen atoms in total. The number of carbonyl (C=O) groups is 1. The van der Waals surface area contributed by atoms with Gasteiger partial charge in [-0.2, -0.15) is 0 Å². The van der Waals surface area contributed by atoms with Gasteiger partial charge in [0.2, 0.25) is 5.91 Å². The number of rotatable bonds is 5. The van der Waals surface area contributed by atoms with E-state index in [1.165, 1.54) is 0 Å². The second kappa shape index (κ2) is 6.10. The van der Waals surface area contributed by atoms with Gasteiger partial charge in [-0.3, -0.25) is 4.79 Å². The Morgan fingerprint density at radius 3 is 2.59 bits per heavy atom. The summed E-state index contributed by atoms with van der Waals surface area (Å²) in [4.78, 5) is 12.0. The molecule has 0 atom stereocenters. The third kappa shape index (κ3) is 4.32. The van der Waals surface area contributed by atoms with Gasteiger partial charge in [-0.15, -0.1) is 12.3 Å². The molecule has 90 valence electrons. The topological polar surface area (TPSA) is 29.1 Å². The molecule has 1 aromatic rings. The summed E-state index contributed by atoms with van der Waals surface area (Å²) in [6, 6.07) is 9.88. The van der Waals surface area contributed by atoms with Crippen LogP contribution in [0.3, 0.4) is 0 Å². The fraction of sp³-hybridized carbons (Fsp3) is 0.400. The summed E-state index contributed by atoms with van der Waals surface area (Å²) in [7, 11) is 0. The summed E-state index contributed by atoms with van der Waals surface area (Å²) in [5.41, 5.74) is 0.704. The van der Waals surface area contributed by atoms with Crippen LogP contribution in [0.15, 0.2) is 30.3 Å². The molecule has 1 aromatic carbocycles. The van der Waals surface area contributed by atoms with E-state index in [0.717, 1.165) is 5.56 Å². The van der Waals surface area contributed by atoms with Crippen LogP contribution < -0.4 is 5.32 Å². The number of benzene rings is 1. The van der Waals surface area contributed by atoms with E-state index in [2.05, 4.69) is 11.2 Å². The van der Waals surface area contributed by atoms with E-state index in [9.17, 15) is 4.79 Å². The number of hydrogen-bond donors (Lipinski definition) is 1. The number of amides is 1. The third-order valence-electron chi connectivity index (χ3n) is 2.80. The molecule has 0 bridgehead atoms. The molecule has 0 saturated heterocycles. The molecule has 0 aliphatic rings. The van der Waals surface area contributed by atoms with Crippen molar-refractivity contribution in [1.82, 2.24) is 5.32 Å². The minimum Gasteiger partial charge on any atom is -0.352 e. The Labute approximate surface area is 103 Å². The summed E-state index contributed by atoms with van der Waals surface area (Å²) in [5, 5.41) is 2.94. The SMILES string of the molecule is C#CCCC(C)(C)C(=O)NCc1ccccc1. The van der Waals surface area contributed by atoms with Crippen molar-refractivity contribution in [3.8, 4) is 12.3 Å². The van der Waals surface area contributed by atoms with Crippen molar-refractivity contribution in [3.05, 3.63) is 35.9 Å². The first-order valence-corrected chi connectivity index (χ1v) is 5.82. The standard InChI is InChI=1S/C15H19NO/c1-4-5-11-15(2,3)14(17)16-12-13-9-7-6-8-10-13/h1,6-10H,5,11-12H2,2-3H3,(H,16,17). The fourth-order valence-electron chi connectivity index (χ4n) is 1.52. The first-order valence-electron chi connectivity index (χ1n) is 5.82. The van der Waals surface area contributed by atoms with E-state index in [1.54, 1.807) is 0 Å². The highest BCUT2D eigenvalue weighted by Crippen LogP contribution is 2.22. The molecule has 0 saturated carbocycles. The van der Waals surface area contributed by atoms with E-state index in [0.29, 0.717) is 19.4 Å². The van der Waals surface area contributed by atoms with E-state index in [4.69, 9.17) is 6.42 Å². The molecule has 1 N–H and O–H groups in total. The quantitative estimate of drug-likeness (QED) is 0.773. The van der Waals surface area contributed by atoms with Crippen LogP contribution in [0.1, 0.15) is 32.3 Å². The van der Waals surface area contributed by atoms with Gasteiger partial charge in [-0.05, 0) is 12.0 Å². The highest BCUT2D eigenvalue weighted by atomic mass is 16.2. The lowest BCUT2D eigenvalue weighted by Crippen LogP contribution is -2.36. The number of hydrogen-bond acceptors (Lipinski definition) is 1. The number of terminal acetylenes is 1. The average molecular weight is 229 g/mol. The first kappa shape index (κ1) is 13.3. The van der Waals surface area contributed by atoms with E-state index in [-0.39, 0.29) is 5.91 Å². The summed E-state index contributed by atoms with van der Waals surface area (Å²) >= 11 is 0. The molecule has 0 aliphatic carbocycles. The van der Waals surface area contributed by atoms with Crippen molar-refractivity contribution in [2.24, 2.45) is 5.41 Å². The van der Waals surface area contributed by atoms with Crippen molar-refractivity contribution in [2.45, 2.75) is 33.2 Å². The van der Waals surface area contributed by atoms with Crippen molar-refractivity contribution >= 4 is 5.91 Å². The lowest BCUT2D eigenvalue weighted by atomic mass is 9.87. The Bertz CT molecular complexity index is 401. The molecule has 0 aliphatic heterocycles. The van der Waals surface area contributed by atoms with Crippen molar-refractivity contribution < 1.29 is 4.79 Å². The Hall–Kier alpha value is -1.75. The molecule has 0 fully saturated rings. The van der Waals surface area contributed by atoms with Gasteiger partial charge in [-0.25, -0.2) is 0 Å². The Morgan fingerprint density at radius 2 is 2.00 bits per heavy atom. The minimum absolute atomic E-state index is 0.0524. The van der Waals surface area contributed by atoms with Crippen LogP contribution in [0.2, 0.25) is 0 Å². The molecule has 1 rings (SSSR count). The zero-order chi connectivity index (χ0) is 12.7. The van der Waals surface area contributed by atoms with Gasteiger partial charge in [0, 0.05) is 18.4 Å². The Morgan fingerprint density at radius 1 is 1.35 bits per heavy atom. The molecule has 2 heteroatoms. The zero-order valence-corrected chi connectivity index (χ0v) is 10.5. The van der Waals surface area contributed by atoms with Gasteiger partial charge < -0.3 is 5.32 Å². The van der Waals surface area contributed by atoms with Gasteiger partial charge in [0.25, 0.3) is 0 Å². The van der Waals surface area contributed by atoms with Crippen LogP contribution in [0.4, 0.5) is 0 Å². The monoisotopic (exact) mass is 229 g/mol. The third-order valence-corrected chi connectivity index (χ3v) is 2.80. The normalized spacial score (nSPS) is 10.6. The van der Waals surface area contributed by atoms with Crippen molar-refractivity contribution in [3.63, 3.8) is 0 Å². The second-order valence-corrected chi connectivity index (χ2v) is 4.76. The predicted octanol–water partition coefficient (Wildman–Crippen LogP) is 2.74. The summed E-state index contributed by atoms with van der Waals surface area (Å²) < 4.78 is 0. The molecule has 17 heavy (non-hydrogen) atoms. The van der Waals surface area contributed by atoms with Gasteiger partial charge in [0.05, 0.1) is 0 Å². The second-order valence-electron chi connectivity index (χ2n) is 4.76. The van der Waals surface area contributed by atoms with Crippen LogP contribution in [0.5, 0.6) is 0 Å². The van der Waals surface area contributed by atoms with Gasteiger partial charge in [0.15, 0.2) is 0 Å². The van der Waals surface area contributed by atoms with E-state index in [1.807, 2.05) is 44.2 Å². The maximum atomic E-state index is 12.0. The molecule has 0 radical (unpaired) electrons. The Balaban J connectivity index is 2.47. The molecular formula is C15H19NO. The summed E-state index contributed by atoms with van der Waals surface area (Å²) in [6.07, 6.45) is 6.56. The minimum atomic E-state index is -0.402. The highest BCUT2D eigenvalue weighted by Gasteiger charge is 2.26. The van der Waals surface area contributed by atoms with Crippen LogP contribution in [0, 0.1) is 17.8 Å². The van der Waals surface area contributed by atoms with Crippen LogP contribution in [-0.4, -0.2) is 5.91 Å². The average Bonchev–Trinajstić information content (AvgIpc) is 2.34. The van der Waals surface area contributed by atoms with Crippen LogP contribution >= 0.6 is 0 Å². The number of nitrogens with one attached hydrogen (secondary N) is 1. The zero-order valence-electron chi connectivity index (χ0n) is 10.5.